The van der Waals surface area contributed by atoms with Gasteiger partial charge in [-0.2, -0.15) is 0 Å². The number of methoxy groups -OCH3 is 1. The van der Waals surface area contributed by atoms with Gasteiger partial charge >= 0.3 is 5.97 Å². The SMILES string of the molecule is CCOP(=O)(CCc1ccccc1)[C@H]1CCC(=O)N2CCC[C@@H](C(=O)OC)N2C1=O. The molecule has 8 nitrogen and oxygen atoms in total. The quantitative estimate of drug-likeness (QED) is 0.482. The Morgan fingerprint density at radius 2 is 1.93 bits per heavy atom. The largest absolute Gasteiger partial charge is 0.467 e. The molecule has 164 valence electrons. The van der Waals surface area contributed by atoms with Gasteiger partial charge in [0.05, 0.1) is 13.7 Å². The van der Waals surface area contributed by atoms with Crippen LogP contribution in [0.4, 0.5) is 0 Å². The second-order valence-electron chi connectivity index (χ2n) is 7.54. The minimum atomic E-state index is -3.42. The highest BCUT2D eigenvalue weighted by molar-refractivity contribution is 7.60. The number of ether oxygens (including phenoxy) is 1. The molecule has 0 saturated carbocycles. The summed E-state index contributed by atoms with van der Waals surface area (Å²) >= 11 is 0. The van der Waals surface area contributed by atoms with Crippen LogP contribution in [0.5, 0.6) is 0 Å². The van der Waals surface area contributed by atoms with Crippen molar-refractivity contribution in [2.45, 2.75) is 50.7 Å². The van der Waals surface area contributed by atoms with Crippen molar-refractivity contribution in [1.82, 2.24) is 10.0 Å². The lowest BCUT2D eigenvalue weighted by molar-refractivity contribution is -0.181. The summed E-state index contributed by atoms with van der Waals surface area (Å²) in [5, 5.41) is 2.53. The molecule has 0 spiro atoms. The van der Waals surface area contributed by atoms with Crippen LogP contribution >= 0.6 is 7.37 Å². The molecule has 1 aromatic carbocycles. The van der Waals surface area contributed by atoms with Crippen molar-refractivity contribution < 1.29 is 28.2 Å². The van der Waals surface area contributed by atoms with Gasteiger partial charge in [0.25, 0.3) is 5.91 Å². The van der Waals surface area contributed by atoms with E-state index in [-0.39, 0.29) is 31.5 Å². The second-order valence-corrected chi connectivity index (χ2v) is 10.3. The van der Waals surface area contributed by atoms with Gasteiger partial charge in [0, 0.05) is 19.1 Å². The zero-order chi connectivity index (χ0) is 21.7. The molecule has 0 aliphatic carbocycles. The summed E-state index contributed by atoms with van der Waals surface area (Å²) in [6.07, 6.45) is 1.93. The van der Waals surface area contributed by atoms with Gasteiger partial charge in [0.1, 0.15) is 5.66 Å². The highest BCUT2D eigenvalue weighted by atomic mass is 31.2. The van der Waals surface area contributed by atoms with Crippen LogP contribution in [0.3, 0.4) is 0 Å². The first-order valence-corrected chi connectivity index (χ1v) is 12.3. The zero-order valence-electron chi connectivity index (χ0n) is 17.5. The van der Waals surface area contributed by atoms with Crippen LogP contribution < -0.4 is 0 Å². The van der Waals surface area contributed by atoms with Crippen LogP contribution in [0, 0.1) is 0 Å². The van der Waals surface area contributed by atoms with E-state index in [0.717, 1.165) is 5.56 Å². The van der Waals surface area contributed by atoms with Crippen LogP contribution in [0.1, 0.15) is 38.2 Å². The summed E-state index contributed by atoms with van der Waals surface area (Å²) in [5.41, 5.74) is 0.0435. The molecule has 2 aliphatic rings. The molecule has 2 heterocycles. The zero-order valence-corrected chi connectivity index (χ0v) is 18.4. The Labute approximate surface area is 176 Å². The van der Waals surface area contributed by atoms with Crippen molar-refractivity contribution in [3.63, 3.8) is 0 Å². The molecule has 0 N–H and O–H groups in total. The highest BCUT2D eigenvalue weighted by Gasteiger charge is 2.50. The second kappa shape index (κ2) is 9.75. The average Bonchev–Trinajstić information content (AvgIpc) is 2.89. The van der Waals surface area contributed by atoms with Crippen molar-refractivity contribution in [2.75, 3.05) is 26.4 Å². The van der Waals surface area contributed by atoms with Gasteiger partial charge < -0.3 is 9.26 Å². The summed E-state index contributed by atoms with van der Waals surface area (Å²) in [6, 6.07) is 8.71. The molecule has 2 amide bonds. The molecule has 3 atom stereocenters. The molecule has 3 rings (SSSR count). The Hall–Kier alpha value is -2.18. The molecule has 2 saturated heterocycles. The van der Waals surface area contributed by atoms with Crippen LogP contribution in [0.15, 0.2) is 30.3 Å². The van der Waals surface area contributed by atoms with E-state index in [0.29, 0.717) is 25.8 Å². The number of benzene rings is 1. The number of esters is 1. The maximum absolute atomic E-state index is 13.9. The number of amides is 2. The summed E-state index contributed by atoms with van der Waals surface area (Å²) in [5.74, 6) is -1.30. The van der Waals surface area contributed by atoms with Gasteiger partial charge in [-0.3, -0.25) is 19.2 Å². The summed E-state index contributed by atoms with van der Waals surface area (Å²) in [7, 11) is -2.16. The van der Waals surface area contributed by atoms with E-state index in [1.807, 2.05) is 30.3 Å². The fourth-order valence-corrected chi connectivity index (χ4v) is 6.80. The standard InChI is InChI=1S/C21H29N2O6P/c1-3-29-30(27,15-13-16-8-5-4-6-9-16)18-11-12-19(24)22-14-7-10-17(21(26)28-2)23(22)20(18)25/h4-6,8-9,17-18H,3,7,10-15H2,1-2H3/t17-,18-,30?/m0/s1. The lowest BCUT2D eigenvalue weighted by Crippen LogP contribution is -2.60. The number of hydrogen-bond donors (Lipinski definition) is 0. The molecule has 2 aliphatic heterocycles. The molecule has 0 radical (unpaired) electrons. The van der Waals surface area contributed by atoms with E-state index < -0.39 is 30.9 Å². The molecule has 30 heavy (non-hydrogen) atoms. The maximum atomic E-state index is 13.9. The number of fused-ring (bicyclic) bond motifs is 1. The Morgan fingerprint density at radius 3 is 2.60 bits per heavy atom. The van der Waals surface area contributed by atoms with Crippen LogP contribution in [-0.4, -0.2) is 65.9 Å². The maximum Gasteiger partial charge on any atom is 0.330 e. The van der Waals surface area contributed by atoms with Crippen LogP contribution in [0.2, 0.25) is 0 Å². The number of nitrogens with zero attached hydrogens (tertiary/aromatic N) is 2. The molecular weight excluding hydrogens is 407 g/mol. The molecular formula is C21H29N2O6P. The van der Waals surface area contributed by atoms with Gasteiger partial charge in [0.2, 0.25) is 13.3 Å². The third-order valence-corrected chi connectivity index (χ3v) is 8.65. The van der Waals surface area contributed by atoms with Crippen molar-refractivity contribution in [1.29, 1.82) is 0 Å². The number of aryl methyl sites for hydroxylation is 1. The van der Waals surface area contributed by atoms with Crippen molar-refractivity contribution >= 4 is 25.2 Å². The van der Waals surface area contributed by atoms with E-state index in [9.17, 15) is 18.9 Å². The third-order valence-electron chi connectivity index (χ3n) is 5.68. The first-order valence-electron chi connectivity index (χ1n) is 10.4. The number of rotatable bonds is 7. The smallest absolute Gasteiger partial charge is 0.330 e. The fourth-order valence-electron chi connectivity index (χ4n) is 4.19. The Bertz CT molecular complexity index is 830. The van der Waals surface area contributed by atoms with Gasteiger partial charge in [0.15, 0.2) is 6.04 Å². The van der Waals surface area contributed by atoms with Crippen LogP contribution in [0.25, 0.3) is 0 Å². The van der Waals surface area contributed by atoms with Gasteiger partial charge in [-0.05, 0) is 38.2 Å². The van der Waals surface area contributed by atoms with E-state index >= 15 is 0 Å². The topological polar surface area (TPSA) is 93.2 Å². The van der Waals surface area contributed by atoms with Crippen molar-refractivity contribution in [2.24, 2.45) is 0 Å². The summed E-state index contributed by atoms with van der Waals surface area (Å²) < 4.78 is 24.5. The molecule has 2 fully saturated rings. The molecule has 1 aromatic rings. The average molecular weight is 436 g/mol. The normalized spacial score (nSPS) is 24.1. The third kappa shape index (κ3) is 4.60. The van der Waals surface area contributed by atoms with E-state index in [2.05, 4.69) is 0 Å². The van der Waals surface area contributed by atoms with E-state index in [4.69, 9.17) is 9.26 Å². The molecule has 0 bridgehead atoms. The Morgan fingerprint density at radius 1 is 1.20 bits per heavy atom. The molecule has 9 heteroatoms. The highest BCUT2D eigenvalue weighted by Crippen LogP contribution is 2.55. The lowest BCUT2D eigenvalue weighted by atomic mass is 10.1. The molecule has 0 aromatic heterocycles. The number of hydrazine groups is 1. The Balaban J connectivity index is 1.91. The van der Waals surface area contributed by atoms with Gasteiger partial charge in [-0.1, -0.05) is 30.3 Å². The first kappa shape index (κ1) is 22.5. The number of carbonyl (C=O) groups is 3. The minimum Gasteiger partial charge on any atom is -0.467 e. The van der Waals surface area contributed by atoms with Crippen molar-refractivity contribution in [3.8, 4) is 0 Å². The Kier molecular flexibility index (Phi) is 7.32. The number of carbonyl (C=O) groups excluding carboxylic acids is 3. The summed E-state index contributed by atoms with van der Waals surface area (Å²) in [6.45, 7) is 2.30. The lowest BCUT2D eigenvalue weighted by Gasteiger charge is -2.42. The van der Waals surface area contributed by atoms with E-state index in [1.54, 1.807) is 6.92 Å². The molecule has 1 unspecified atom stereocenters. The summed E-state index contributed by atoms with van der Waals surface area (Å²) in [4.78, 5) is 38.6. The minimum absolute atomic E-state index is 0.0865. The van der Waals surface area contributed by atoms with Gasteiger partial charge in [-0.25, -0.2) is 9.80 Å². The van der Waals surface area contributed by atoms with Crippen LogP contribution in [-0.2, 0) is 34.6 Å². The van der Waals surface area contributed by atoms with Crippen molar-refractivity contribution in [3.05, 3.63) is 35.9 Å². The fraction of sp³-hybridized carbons (Fsp3) is 0.571. The van der Waals surface area contributed by atoms with E-state index in [1.165, 1.54) is 17.1 Å². The predicted octanol–water partition coefficient (Wildman–Crippen LogP) is 2.61. The number of hydrogen-bond acceptors (Lipinski definition) is 6. The predicted molar refractivity (Wildman–Crippen MR) is 111 cm³/mol. The van der Waals surface area contributed by atoms with Gasteiger partial charge in [-0.15, -0.1) is 0 Å². The first-order chi connectivity index (χ1) is 14.4. The monoisotopic (exact) mass is 436 g/mol.